The topological polar surface area (TPSA) is 171 Å². The Labute approximate surface area is 179 Å². The van der Waals surface area contributed by atoms with E-state index < -0.39 is 72.6 Å². The average molecular weight is 436 g/mol. The zero-order valence-corrected chi connectivity index (χ0v) is 17.4. The van der Waals surface area contributed by atoms with Gasteiger partial charge in [0.1, 0.15) is 24.2 Å². The molecule has 6 amide bonds. The second-order valence-electron chi connectivity index (χ2n) is 8.11. The van der Waals surface area contributed by atoms with Crippen molar-refractivity contribution < 1.29 is 28.8 Å². The fraction of sp³-hybridized carbons (Fsp3) is 0.684. The second kappa shape index (κ2) is 9.31. The molecule has 5 N–H and O–H groups in total. The van der Waals surface area contributed by atoms with Crippen LogP contribution in [0.3, 0.4) is 0 Å². The quantitative estimate of drug-likeness (QED) is 0.358. The van der Waals surface area contributed by atoms with E-state index in [9.17, 15) is 28.8 Å². The molecule has 3 fully saturated rings. The molecule has 12 nitrogen and oxygen atoms in total. The molecule has 4 atom stereocenters. The van der Waals surface area contributed by atoms with Gasteiger partial charge in [-0.05, 0) is 32.6 Å². The number of fused-ring (bicyclic) bond motifs is 2. The molecule has 3 heterocycles. The molecule has 0 radical (unpaired) electrons. The van der Waals surface area contributed by atoms with Gasteiger partial charge in [-0.2, -0.15) is 0 Å². The van der Waals surface area contributed by atoms with Crippen molar-refractivity contribution in [3.63, 3.8) is 0 Å². The molecule has 0 aromatic carbocycles. The van der Waals surface area contributed by atoms with Gasteiger partial charge in [0.15, 0.2) is 0 Å². The lowest BCUT2D eigenvalue weighted by Crippen LogP contribution is -2.56. The standard InChI is InChI=1S/C19H28N6O6/c1-10-19(31)25-7-3-5-13(25)18(30)23-11(8-14(20)26)16(28)21-9-15(27)24-6-2-4-12(24)17(29)22-10/h10-13H,2-9H2,1H3,(H2,20,26)(H,21,28)(H,22,29)(H,23,30)/t10-,11+,12+,13+/m1/s1. The van der Waals surface area contributed by atoms with Crippen molar-refractivity contribution in [2.45, 2.75) is 63.2 Å². The van der Waals surface area contributed by atoms with Crippen molar-refractivity contribution in [1.82, 2.24) is 25.8 Å². The molecule has 0 aliphatic carbocycles. The summed E-state index contributed by atoms with van der Waals surface area (Å²) in [4.78, 5) is 77.8. The van der Waals surface area contributed by atoms with E-state index in [0.717, 1.165) is 0 Å². The lowest BCUT2D eigenvalue weighted by atomic mass is 10.1. The minimum atomic E-state index is -1.27. The predicted octanol–water partition coefficient (Wildman–Crippen LogP) is -3.04. The Hall–Kier alpha value is -3.18. The zero-order chi connectivity index (χ0) is 22.7. The van der Waals surface area contributed by atoms with Crippen LogP contribution >= 0.6 is 0 Å². The van der Waals surface area contributed by atoms with Gasteiger partial charge in [0, 0.05) is 13.1 Å². The van der Waals surface area contributed by atoms with Gasteiger partial charge in [-0.1, -0.05) is 0 Å². The van der Waals surface area contributed by atoms with E-state index in [1.807, 2.05) is 0 Å². The van der Waals surface area contributed by atoms with Crippen LogP contribution in [0.4, 0.5) is 0 Å². The molecule has 0 aromatic heterocycles. The Balaban J connectivity index is 1.89. The van der Waals surface area contributed by atoms with Crippen LogP contribution < -0.4 is 21.7 Å². The molecule has 0 spiro atoms. The summed E-state index contributed by atoms with van der Waals surface area (Å²) in [5.74, 6) is -3.46. The van der Waals surface area contributed by atoms with Gasteiger partial charge in [0.25, 0.3) is 0 Å². The first-order chi connectivity index (χ1) is 14.7. The van der Waals surface area contributed by atoms with Crippen LogP contribution in [-0.2, 0) is 28.8 Å². The summed E-state index contributed by atoms with van der Waals surface area (Å²) in [5, 5.41) is 7.56. The van der Waals surface area contributed by atoms with Gasteiger partial charge in [0.2, 0.25) is 35.4 Å². The first kappa shape index (κ1) is 22.5. The van der Waals surface area contributed by atoms with Crippen molar-refractivity contribution in [2.24, 2.45) is 5.73 Å². The molecule has 31 heavy (non-hydrogen) atoms. The molecule has 0 aromatic rings. The maximum Gasteiger partial charge on any atom is 0.245 e. The van der Waals surface area contributed by atoms with E-state index in [2.05, 4.69) is 16.0 Å². The Bertz CT molecular complexity index is 801. The predicted molar refractivity (Wildman–Crippen MR) is 106 cm³/mol. The highest BCUT2D eigenvalue weighted by Crippen LogP contribution is 2.21. The molecule has 0 saturated carbocycles. The highest BCUT2D eigenvalue weighted by atomic mass is 16.2. The molecule has 0 unspecified atom stereocenters. The second-order valence-corrected chi connectivity index (χ2v) is 8.11. The van der Waals surface area contributed by atoms with Crippen LogP contribution in [0.1, 0.15) is 39.0 Å². The van der Waals surface area contributed by atoms with Crippen LogP contribution in [0.15, 0.2) is 0 Å². The molecular formula is C19H28N6O6. The number of carbonyl (C=O) groups is 6. The summed E-state index contributed by atoms with van der Waals surface area (Å²) < 4.78 is 0. The third-order valence-corrected chi connectivity index (χ3v) is 5.90. The largest absolute Gasteiger partial charge is 0.370 e. The summed E-state index contributed by atoms with van der Waals surface area (Å²) >= 11 is 0. The number of hydrogen-bond donors (Lipinski definition) is 4. The molecule has 170 valence electrons. The van der Waals surface area contributed by atoms with Gasteiger partial charge >= 0.3 is 0 Å². The highest BCUT2D eigenvalue weighted by Gasteiger charge is 2.40. The summed E-state index contributed by atoms with van der Waals surface area (Å²) in [7, 11) is 0. The number of nitrogens with two attached hydrogens (primary N) is 1. The van der Waals surface area contributed by atoms with E-state index in [1.165, 1.54) is 16.7 Å². The average Bonchev–Trinajstić information content (AvgIpc) is 3.39. The molecule has 12 heteroatoms. The van der Waals surface area contributed by atoms with Gasteiger partial charge in [-0.3, -0.25) is 28.8 Å². The molecule has 3 aliphatic heterocycles. The minimum absolute atomic E-state index is 0.331. The van der Waals surface area contributed by atoms with Crippen molar-refractivity contribution >= 4 is 35.4 Å². The van der Waals surface area contributed by atoms with Crippen molar-refractivity contribution in [3.8, 4) is 0 Å². The Morgan fingerprint density at radius 3 is 2.16 bits per heavy atom. The highest BCUT2D eigenvalue weighted by molar-refractivity contribution is 5.98. The summed E-state index contributed by atoms with van der Waals surface area (Å²) in [5.41, 5.74) is 5.22. The third kappa shape index (κ3) is 4.94. The van der Waals surface area contributed by atoms with Crippen LogP contribution in [0, 0.1) is 0 Å². The van der Waals surface area contributed by atoms with Crippen LogP contribution in [0.5, 0.6) is 0 Å². The van der Waals surface area contributed by atoms with Gasteiger partial charge in [-0.25, -0.2) is 0 Å². The van der Waals surface area contributed by atoms with Crippen molar-refractivity contribution in [2.75, 3.05) is 19.6 Å². The van der Waals surface area contributed by atoms with E-state index >= 15 is 0 Å². The molecule has 3 saturated heterocycles. The Morgan fingerprint density at radius 1 is 0.935 bits per heavy atom. The fourth-order valence-electron chi connectivity index (χ4n) is 4.33. The summed E-state index contributed by atoms with van der Waals surface area (Å²) in [6.07, 6.45) is 1.59. The maximum atomic E-state index is 12.9. The number of hydrogen-bond acceptors (Lipinski definition) is 6. The van der Waals surface area contributed by atoms with Gasteiger partial charge in [0.05, 0.1) is 13.0 Å². The number of nitrogens with one attached hydrogen (secondary N) is 3. The number of amides is 6. The number of nitrogens with zero attached hydrogens (tertiary/aromatic N) is 2. The zero-order valence-electron chi connectivity index (χ0n) is 17.4. The Morgan fingerprint density at radius 2 is 1.52 bits per heavy atom. The normalized spacial score (nSPS) is 30.5. The first-order valence-electron chi connectivity index (χ1n) is 10.5. The van der Waals surface area contributed by atoms with Gasteiger partial charge < -0.3 is 31.5 Å². The Kier molecular flexibility index (Phi) is 6.76. The summed E-state index contributed by atoms with van der Waals surface area (Å²) in [6.45, 7) is 1.83. The number of rotatable bonds is 2. The van der Waals surface area contributed by atoms with Crippen LogP contribution in [0.2, 0.25) is 0 Å². The SMILES string of the molecule is C[C@H]1NC(=O)[C@@H]2CCCN2C(=O)CNC(=O)[C@H](CC(N)=O)NC(=O)[C@@H]2CCCN2C1=O. The van der Waals surface area contributed by atoms with E-state index in [4.69, 9.17) is 5.73 Å². The van der Waals surface area contributed by atoms with Gasteiger partial charge in [-0.15, -0.1) is 0 Å². The van der Waals surface area contributed by atoms with E-state index in [-0.39, 0.29) is 0 Å². The molecule has 0 bridgehead atoms. The molecule has 3 aliphatic rings. The third-order valence-electron chi connectivity index (χ3n) is 5.90. The van der Waals surface area contributed by atoms with E-state index in [0.29, 0.717) is 38.8 Å². The number of primary amides is 1. The lowest BCUT2D eigenvalue weighted by Gasteiger charge is -2.29. The monoisotopic (exact) mass is 436 g/mol. The smallest absolute Gasteiger partial charge is 0.245 e. The number of carbonyl (C=O) groups excluding carboxylic acids is 6. The van der Waals surface area contributed by atoms with Crippen molar-refractivity contribution in [3.05, 3.63) is 0 Å². The fourth-order valence-corrected chi connectivity index (χ4v) is 4.33. The van der Waals surface area contributed by atoms with E-state index in [1.54, 1.807) is 0 Å². The summed E-state index contributed by atoms with van der Waals surface area (Å²) in [6, 6.07) is -3.72. The van der Waals surface area contributed by atoms with Crippen LogP contribution in [0.25, 0.3) is 0 Å². The first-order valence-corrected chi connectivity index (χ1v) is 10.5. The van der Waals surface area contributed by atoms with Crippen molar-refractivity contribution in [1.29, 1.82) is 0 Å². The lowest BCUT2D eigenvalue weighted by molar-refractivity contribution is -0.142. The minimum Gasteiger partial charge on any atom is -0.370 e. The molecule has 3 rings (SSSR count). The molecular weight excluding hydrogens is 408 g/mol. The van der Waals surface area contributed by atoms with Crippen LogP contribution in [-0.4, -0.2) is 89.0 Å². The maximum absolute atomic E-state index is 12.9.